The molecule has 0 atom stereocenters. The Morgan fingerprint density at radius 2 is 2.19 bits per heavy atom. The van der Waals surface area contributed by atoms with Crippen LogP contribution in [0.15, 0.2) is 18.2 Å². The van der Waals surface area contributed by atoms with Crippen molar-refractivity contribution >= 4 is 11.6 Å². The van der Waals surface area contributed by atoms with Gasteiger partial charge in [-0.3, -0.25) is 4.79 Å². The third-order valence-electron chi connectivity index (χ3n) is 1.83. The average Bonchev–Trinajstić information content (AvgIpc) is 2.26. The largest absolute Gasteiger partial charge is 0.493 e. The minimum absolute atomic E-state index is 0.0589. The first-order chi connectivity index (χ1) is 7.67. The summed E-state index contributed by atoms with van der Waals surface area (Å²) < 4.78 is 10.4. The van der Waals surface area contributed by atoms with Crippen molar-refractivity contribution in [3.05, 3.63) is 18.2 Å². The van der Waals surface area contributed by atoms with Crippen molar-refractivity contribution in [3.63, 3.8) is 0 Å². The van der Waals surface area contributed by atoms with E-state index in [4.69, 9.17) is 14.6 Å². The van der Waals surface area contributed by atoms with Gasteiger partial charge in [-0.15, -0.1) is 0 Å². The third-order valence-corrected chi connectivity index (χ3v) is 1.83. The molecule has 0 aromatic heterocycles. The van der Waals surface area contributed by atoms with Gasteiger partial charge in [-0.1, -0.05) is 0 Å². The molecule has 0 heterocycles. The molecule has 0 aliphatic rings. The number of carbonyl (C=O) groups is 1. The van der Waals surface area contributed by atoms with Crippen LogP contribution in [0.3, 0.4) is 0 Å². The van der Waals surface area contributed by atoms with Crippen molar-refractivity contribution in [3.8, 4) is 11.5 Å². The van der Waals surface area contributed by atoms with Crippen molar-refractivity contribution in [2.75, 3.05) is 25.6 Å². The predicted molar refractivity (Wildman–Crippen MR) is 59.9 cm³/mol. The van der Waals surface area contributed by atoms with Gasteiger partial charge in [0, 0.05) is 18.7 Å². The molecule has 0 aliphatic carbocycles. The van der Waals surface area contributed by atoms with E-state index in [1.54, 1.807) is 18.2 Å². The van der Waals surface area contributed by atoms with E-state index in [-0.39, 0.29) is 19.1 Å². The van der Waals surface area contributed by atoms with Crippen LogP contribution in [0, 0.1) is 0 Å². The van der Waals surface area contributed by atoms with Crippen molar-refractivity contribution in [1.29, 1.82) is 0 Å². The van der Waals surface area contributed by atoms with Crippen LogP contribution in [0.1, 0.15) is 6.92 Å². The molecule has 0 radical (unpaired) electrons. The van der Waals surface area contributed by atoms with E-state index in [9.17, 15) is 4.79 Å². The van der Waals surface area contributed by atoms with E-state index in [0.29, 0.717) is 17.2 Å². The minimum atomic E-state index is -0.147. The second-order valence-electron chi connectivity index (χ2n) is 3.12. The van der Waals surface area contributed by atoms with Crippen LogP contribution in [0.2, 0.25) is 0 Å². The number of carbonyl (C=O) groups excluding carboxylic acids is 1. The lowest BCUT2D eigenvalue weighted by atomic mass is 10.2. The maximum Gasteiger partial charge on any atom is 0.221 e. The molecule has 88 valence electrons. The highest BCUT2D eigenvalue weighted by atomic mass is 16.5. The van der Waals surface area contributed by atoms with Gasteiger partial charge in [0.05, 0.1) is 13.7 Å². The van der Waals surface area contributed by atoms with Gasteiger partial charge < -0.3 is 19.9 Å². The Morgan fingerprint density at radius 1 is 1.44 bits per heavy atom. The number of rotatable bonds is 5. The van der Waals surface area contributed by atoms with Gasteiger partial charge in [0.15, 0.2) is 11.5 Å². The fourth-order valence-electron chi connectivity index (χ4n) is 1.22. The summed E-state index contributed by atoms with van der Waals surface area (Å²) >= 11 is 0. The molecule has 0 saturated carbocycles. The number of amides is 1. The molecule has 1 rings (SSSR count). The van der Waals surface area contributed by atoms with E-state index in [0.717, 1.165) is 0 Å². The van der Waals surface area contributed by atoms with Gasteiger partial charge in [0.2, 0.25) is 5.91 Å². The fourth-order valence-corrected chi connectivity index (χ4v) is 1.22. The topological polar surface area (TPSA) is 67.8 Å². The first kappa shape index (κ1) is 12.3. The lowest BCUT2D eigenvalue weighted by Gasteiger charge is -2.11. The Balaban J connectivity index is 2.83. The van der Waals surface area contributed by atoms with E-state index in [1.807, 2.05) is 0 Å². The normalized spacial score (nSPS) is 9.69. The van der Waals surface area contributed by atoms with E-state index in [2.05, 4.69) is 5.32 Å². The van der Waals surface area contributed by atoms with Gasteiger partial charge in [-0.05, 0) is 12.1 Å². The highest BCUT2D eigenvalue weighted by Crippen LogP contribution is 2.30. The lowest BCUT2D eigenvalue weighted by Crippen LogP contribution is -2.07. The molecular weight excluding hydrogens is 210 g/mol. The maximum absolute atomic E-state index is 10.9. The first-order valence-corrected chi connectivity index (χ1v) is 4.86. The van der Waals surface area contributed by atoms with Crippen molar-refractivity contribution in [1.82, 2.24) is 0 Å². The summed E-state index contributed by atoms with van der Waals surface area (Å²) in [6, 6.07) is 5.05. The van der Waals surface area contributed by atoms with Gasteiger partial charge in [0.1, 0.15) is 6.61 Å². The average molecular weight is 225 g/mol. The molecule has 0 bridgehead atoms. The third kappa shape index (κ3) is 3.43. The summed E-state index contributed by atoms with van der Waals surface area (Å²) in [5.74, 6) is 0.899. The number of ether oxygens (including phenoxy) is 2. The molecule has 0 saturated heterocycles. The Morgan fingerprint density at radius 3 is 2.75 bits per heavy atom. The molecule has 0 aliphatic heterocycles. The molecule has 1 amide bonds. The smallest absolute Gasteiger partial charge is 0.221 e. The number of methoxy groups -OCH3 is 1. The molecule has 2 N–H and O–H groups in total. The van der Waals surface area contributed by atoms with E-state index < -0.39 is 0 Å². The molecule has 5 nitrogen and oxygen atoms in total. The van der Waals surface area contributed by atoms with Gasteiger partial charge in [0.25, 0.3) is 0 Å². The second-order valence-corrected chi connectivity index (χ2v) is 3.12. The van der Waals surface area contributed by atoms with Crippen LogP contribution in [-0.4, -0.2) is 31.3 Å². The number of hydrogen-bond acceptors (Lipinski definition) is 4. The summed E-state index contributed by atoms with van der Waals surface area (Å²) in [6.07, 6.45) is 0. The fraction of sp³-hybridized carbons (Fsp3) is 0.364. The molecule has 0 fully saturated rings. The Labute approximate surface area is 94.0 Å². The van der Waals surface area contributed by atoms with E-state index >= 15 is 0 Å². The molecule has 1 aromatic carbocycles. The molecular formula is C11H15NO4. The molecule has 0 spiro atoms. The summed E-state index contributed by atoms with van der Waals surface area (Å²) in [5.41, 5.74) is 0.640. The second kappa shape index (κ2) is 5.97. The highest BCUT2D eigenvalue weighted by Gasteiger charge is 2.06. The number of nitrogens with one attached hydrogen (secondary N) is 1. The standard InChI is InChI=1S/C11H15NO4/c1-8(14)12-9-3-4-10(16-6-5-13)11(7-9)15-2/h3-4,7,13H,5-6H2,1-2H3,(H,12,14). The zero-order valence-corrected chi connectivity index (χ0v) is 9.32. The SMILES string of the molecule is COc1cc(NC(C)=O)ccc1OCCO. The molecule has 16 heavy (non-hydrogen) atoms. The van der Waals surface area contributed by atoms with Crippen LogP contribution in [0.25, 0.3) is 0 Å². The van der Waals surface area contributed by atoms with Gasteiger partial charge in [-0.25, -0.2) is 0 Å². The van der Waals surface area contributed by atoms with Crippen LogP contribution >= 0.6 is 0 Å². The summed E-state index contributed by atoms with van der Waals surface area (Å²) in [5, 5.41) is 11.3. The van der Waals surface area contributed by atoms with Crippen molar-refractivity contribution in [2.24, 2.45) is 0 Å². The van der Waals surface area contributed by atoms with E-state index in [1.165, 1.54) is 14.0 Å². The summed E-state index contributed by atoms with van der Waals surface area (Å²) in [7, 11) is 1.51. The summed E-state index contributed by atoms with van der Waals surface area (Å²) in [6.45, 7) is 1.58. The lowest BCUT2D eigenvalue weighted by molar-refractivity contribution is -0.114. The first-order valence-electron chi connectivity index (χ1n) is 4.86. The number of aliphatic hydroxyl groups is 1. The number of aliphatic hydroxyl groups excluding tert-OH is 1. The number of anilines is 1. The molecule has 1 aromatic rings. The monoisotopic (exact) mass is 225 g/mol. The Bertz CT molecular complexity index is 365. The highest BCUT2D eigenvalue weighted by molar-refractivity contribution is 5.89. The van der Waals surface area contributed by atoms with Crippen LogP contribution in [0.4, 0.5) is 5.69 Å². The van der Waals surface area contributed by atoms with Gasteiger partial charge in [-0.2, -0.15) is 0 Å². The number of benzene rings is 1. The predicted octanol–water partition coefficient (Wildman–Crippen LogP) is 1.02. The minimum Gasteiger partial charge on any atom is -0.493 e. The number of hydrogen-bond donors (Lipinski definition) is 2. The Kier molecular flexibility index (Phi) is 4.60. The molecule has 5 heteroatoms. The van der Waals surface area contributed by atoms with Crippen LogP contribution in [0.5, 0.6) is 11.5 Å². The maximum atomic E-state index is 10.9. The summed E-state index contributed by atoms with van der Waals surface area (Å²) in [4.78, 5) is 10.9. The molecule has 0 unspecified atom stereocenters. The zero-order valence-electron chi connectivity index (χ0n) is 9.32. The quantitative estimate of drug-likeness (QED) is 0.785. The van der Waals surface area contributed by atoms with Crippen LogP contribution in [-0.2, 0) is 4.79 Å². The van der Waals surface area contributed by atoms with Crippen molar-refractivity contribution < 1.29 is 19.4 Å². The zero-order chi connectivity index (χ0) is 12.0. The van der Waals surface area contributed by atoms with Crippen molar-refractivity contribution in [2.45, 2.75) is 6.92 Å². The Hall–Kier alpha value is -1.75. The van der Waals surface area contributed by atoms with Gasteiger partial charge >= 0.3 is 0 Å². The van der Waals surface area contributed by atoms with Crippen LogP contribution < -0.4 is 14.8 Å².